The number of carbonyl (C=O) groups is 2. The van der Waals surface area contributed by atoms with Crippen molar-refractivity contribution < 1.29 is 9.59 Å². The summed E-state index contributed by atoms with van der Waals surface area (Å²) in [4.78, 5) is 29.9. The van der Waals surface area contributed by atoms with Crippen molar-refractivity contribution in [3.63, 3.8) is 0 Å². The molecule has 0 aliphatic rings. The number of anilines is 2. The van der Waals surface area contributed by atoms with Crippen LogP contribution >= 0.6 is 23.1 Å². The normalized spacial score (nSPS) is 10.8. The zero-order chi connectivity index (χ0) is 21.0. The maximum absolute atomic E-state index is 12.3. The Kier molecular flexibility index (Phi) is 6.65. The van der Waals surface area contributed by atoms with Gasteiger partial charge in [0.25, 0.3) is 0 Å². The molecule has 0 fully saturated rings. The van der Waals surface area contributed by atoms with E-state index >= 15 is 0 Å². The molecule has 0 spiro atoms. The van der Waals surface area contributed by atoms with Crippen molar-refractivity contribution in [2.75, 3.05) is 16.4 Å². The number of thiazole rings is 1. The first kappa shape index (κ1) is 21.0. The molecule has 2 N–H and O–H groups in total. The largest absolute Gasteiger partial charge is 0.325 e. The number of benzene rings is 1. The Bertz CT molecular complexity index is 1020. The third-order valence-electron chi connectivity index (χ3n) is 4.27. The van der Waals surface area contributed by atoms with Crippen LogP contribution in [0, 0.1) is 20.8 Å². The van der Waals surface area contributed by atoms with Gasteiger partial charge in [-0.2, -0.15) is 0 Å². The van der Waals surface area contributed by atoms with Gasteiger partial charge in [-0.05, 0) is 32.4 Å². The van der Waals surface area contributed by atoms with Crippen molar-refractivity contribution in [3.05, 3.63) is 46.2 Å². The average molecular weight is 431 g/mol. The Balaban J connectivity index is 1.54. The number of para-hydroxylation sites is 1. The molecular weight excluding hydrogens is 408 g/mol. The van der Waals surface area contributed by atoms with Crippen LogP contribution in [0.1, 0.15) is 22.0 Å². The Morgan fingerprint density at radius 1 is 1.10 bits per heavy atom. The molecule has 152 valence electrons. The second-order valence-corrected chi connectivity index (χ2v) is 8.64. The highest BCUT2D eigenvalue weighted by Gasteiger charge is 2.15. The number of hydrogen-bond donors (Lipinski definition) is 2. The molecule has 0 unspecified atom stereocenters. The summed E-state index contributed by atoms with van der Waals surface area (Å²) in [6, 6.07) is 7.59. The third kappa shape index (κ3) is 5.42. The molecule has 10 heteroatoms. The molecule has 0 saturated carbocycles. The van der Waals surface area contributed by atoms with Crippen molar-refractivity contribution in [3.8, 4) is 0 Å². The zero-order valence-electron chi connectivity index (χ0n) is 16.6. The van der Waals surface area contributed by atoms with Crippen LogP contribution in [-0.2, 0) is 23.1 Å². The minimum atomic E-state index is -0.168. The topological polar surface area (TPSA) is 102 Å². The van der Waals surface area contributed by atoms with E-state index < -0.39 is 0 Å². The molecule has 29 heavy (non-hydrogen) atoms. The summed E-state index contributed by atoms with van der Waals surface area (Å²) < 4.78 is 1.73. The summed E-state index contributed by atoms with van der Waals surface area (Å²) in [5.74, 6) is 0.383. The Hall–Kier alpha value is -2.72. The molecule has 2 heterocycles. The van der Waals surface area contributed by atoms with Crippen LogP contribution in [0.4, 0.5) is 10.8 Å². The van der Waals surface area contributed by atoms with E-state index in [0.29, 0.717) is 16.1 Å². The number of aryl methyl sites for hydroxylation is 3. The third-order valence-corrected chi connectivity index (χ3v) is 6.28. The van der Waals surface area contributed by atoms with Gasteiger partial charge in [0.05, 0.1) is 17.9 Å². The lowest BCUT2D eigenvalue weighted by Gasteiger charge is -2.08. The number of rotatable bonds is 7. The highest BCUT2D eigenvalue weighted by atomic mass is 32.2. The fraction of sp³-hybridized carbons (Fsp3) is 0.316. The monoisotopic (exact) mass is 430 g/mol. The smallest absolute Gasteiger partial charge is 0.236 e. The second-order valence-electron chi connectivity index (χ2n) is 6.50. The molecular formula is C19H22N6O2S2. The van der Waals surface area contributed by atoms with E-state index in [9.17, 15) is 9.59 Å². The molecule has 1 aromatic carbocycles. The van der Waals surface area contributed by atoms with Crippen molar-refractivity contribution in [2.45, 2.75) is 32.3 Å². The first-order valence-corrected chi connectivity index (χ1v) is 10.7. The summed E-state index contributed by atoms with van der Waals surface area (Å²) in [6.07, 6.45) is 0.0995. The van der Waals surface area contributed by atoms with Crippen LogP contribution in [0.5, 0.6) is 0 Å². The SMILES string of the molecule is Cc1ccccc1NC(=O)Cc1nnc(SCC(=O)Nc2nc(C)c(C)s2)n1C. The van der Waals surface area contributed by atoms with Gasteiger partial charge in [0.1, 0.15) is 5.82 Å². The minimum absolute atomic E-state index is 0.0995. The minimum Gasteiger partial charge on any atom is -0.325 e. The summed E-state index contributed by atoms with van der Waals surface area (Å²) >= 11 is 2.71. The fourth-order valence-electron chi connectivity index (χ4n) is 2.49. The van der Waals surface area contributed by atoms with Gasteiger partial charge < -0.3 is 15.2 Å². The maximum Gasteiger partial charge on any atom is 0.236 e. The molecule has 0 aliphatic heterocycles. The molecule has 0 atom stereocenters. The van der Waals surface area contributed by atoms with E-state index in [1.807, 2.05) is 45.0 Å². The van der Waals surface area contributed by atoms with E-state index in [1.165, 1.54) is 23.1 Å². The molecule has 0 radical (unpaired) electrons. The summed E-state index contributed by atoms with van der Waals surface area (Å²) in [5.41, 5.74) is 2.69. The lowest BCUT2D eigenvalue weighted by atomic mass is 10.2. The van der Waals surface area contributed by atoms with Gasteiger partial charge in [0.15, 0.2) is 10.3 Å². The molecule has 2 aromatic heterocycles. The van der Waals surface area contributed by atoms with Crippen LogP contribution in [-0.4, -0.2) is 37.3 Å². The number of thioether (sulfide) groups is 1. The van der Waals surface area contributed by atoms with Crippen LogP contribution in [0.3, 0.4) is 0 Å². The van der Waals surface area contributed by atoms with Gasteiger partial charge in [-0.15, -0.1) is 21.5 Å². The van der Waals surface area contributed by atoms with E-state index in [2.05, 4.69) is 25.8 Å². The zero-order valence-corrected chi connectivity index (χ0v) is 18.3. The van der Waals surface area contributed by atoms with Crippen LogP contribution < -0.4 is 10.6 Å². The lowest BCUT2D eigenvalue weighted by Crippen LogP contribution is -2.17. The number of aromatic nitrogens is 4. The van der Waals surface area contributed by atoms with E-state index in [0.717, 1.165) is 21.8 Å². The quantitative estimate of drug-likeness (QED) is 0.559. The summed E-state index contributed by atoms with van der Waals surface area (Å²) in [5, 5.41) is 15.0. The molecule has 3 aromatic rings. The molecule has 0 saturated heterocycles. The number of hydrogen-bond acceptors (Lipinski definition) is 7. The summed E-state index contributed by atoms with van der Waals surface area (Å²) in [7, 11) is 1.78. The summed E-state index contributed by atoms with van der Waals surface area (Å²) in [6.45, 7) is 5.81. The molecule has 0 bridgehead atoms. The Labute approximate surface area is 177 Å². The Morgan fingerprint density at radius 2 is 1.86 bits per heavy atom. The van der Waals surface area contributed by atoms with Gasteiger partial charge in [-0.25, -0.2) is 4.98 Å². The van der Waals surface area contributed by atoms with Crippen LogP contribution in [0.2, 0.25) is 0 Å². The highest BCUT2D eigenvalue weighted by Crippen LogP contribution is 2.22. The fourth-order valence-corrected chi connectivity index (χ4v) is 4.05. The predicted octanol–water partition coefficient (Wildman–Crippen LogP) is 3.11. The maximum atomic E-state index is 12.3. The van der Waals surface area contributed by atoms with Crippen LogP contribution in [0.25, 0.3) is 0 Å². The van der Waals surface area contributed by atoms with Crippen molar-refractivity contribution in [1.29, 1.82) is 0 Å². The van der Waals surface area contributed by atoms with E-state index in [-0.39, 0.29) is 24.0 Å². The second kappa shape index (κ2) is 9.19. The first-order chi connectivity index (χ1) is 13.8. The number of carbonyl (C=O) groups excluding carboxylic acids is 2. The van der Waals surface area contributed by atoms with Gasteiger partial charge >= 0.3 is 0 Å². The predicted molar refractivity (Wildman–Crippen MR) is 115 cm³/mol. The highest BCUT2D eigenvalue weighted by molar-refractivity contribution is 7.99. The van der Waals surface area contributed by atoms with Gasteiger partial charge in [0, 0.05) is 17.6 Å². The van der Waals surface area contributed by atoms with Gasteiger partial charge in [-0.3, -0.25) is 9.59 Å². The number of nitrogens with zero attached hydrogens (tertiary/aromatic N) is 4. The molecule has 3 rings (SSSR count). The number of nitrogens with one attached hydrogen (secondary N) is 2. The lowest BCUT2D eigenvalue weighted by molar-refractivity contribution is -0.116. The van der Waals surface area contributed by atoms with Crippen molar-refractivity contribution in [1.82, 2.24) is 19.7 Å². The molecule has 8 nitrogen and oxygen atoms in total. The van der Waals surface area contributed by atoms with Crippen molar-refractivity contribution >= 4 is 45.7 Å². The van der Waals surface area contributed by atoms with Gasteiger partial charge in [-0.1, -0.05) is 30.0 Å². The van der Waals surface area contributed by atoms with Gasteiger partial charge in [0.2, 0.25) is 11.8 Å². The molecule has 0 aliphatic carbocycles. The van der Waals surface area contributed by atoms with Crippen LogP contribution in [0.15, 0.2) is 29.4 Å². The van der Waals surface area contributed by atoms with Crippen molar-refractivity contribution in [2.24, 2.45) is 7.05 Å². The van der Waals surface area contributed by atoms with E-state index in [4.69, 9.17) is 0 Å². The molecule has 2 amide bonds. The Morgan fingerprint density at radius 3 is 2.55 bits per heavy atom. The first-order valence-electron chi connectivity index (χ1n) is 8.94. The average Bonchev–Trinajstić information content (AvgIpc) is 3.17. The standard InChI is InChI=1S/C19H22N6O2S2/c1-11-7-5-6-8-14(11)21-16(26)9-15-23-24-19(25(15)4)28-10-17(27)22-18-20-12(2)13(3)29-18/h5-8H,9-10H2,1-4H3,(H,21,26)(H,20,22,27). The van der Waals surface area contributed by atoms with E-state index in [1.54, 1.807) is 11.6 Å². The number of amides is 2.